The Labute approximate surface area is 114 Å². The maximum Gasteiger partial charge on any atom is 0.228 e. The minimum atomic E-state index is -0.282. The van der Waals surface area contributed by atoms with Crippen LogP contribution in [0.3, 0.4) is 0 Å². The minimum Gasteiger partial charge on any atom is -0.872 e. The third kappa shape index (κ3) is 1.66. The van der Waals surface area contributed by atoms with Gasteiger partial charge in [0.2, 0.25) is 5.91 Å². The molecule has 1 aliphatic heterocycles. The lowest BCUT2D eigenvalue weighted by atomic mass is 10.1. The zero-order chi connectivity index (χ0) is 14.4. The molecule has 0 spiro atoms. The van der Waals surface area contributed by atoms with E-state index in [2.05, 4.69) is 0 Å². The molecule has 0 saturated carbocycles. The number of aromatic hydroxyl groups is 1. The molecule has 1 aliphatic rings. The van der Waals surface area contributed by atoms with Gasteiger partial charge in [-0.05, 0) is 24.3 Å². The Hall–Kier alpha value is -2.73. The van der Waals surface area contributed by atoms with Gasteiger partial charge in [0.1, 0.15) is 5.75 Å². The van der Waals surface area contributed by atoms with Gasteiger partial charge in [-0.3, -0.25) is 14.9 Å². The smallest absolute Gasteiger partial charge is 0.228 e. The number of benzene rings is 2. The monoisotopic (exact) mass is 271 g/mol. The molecule has 102 valence electrons. The summed E-state index contributed by atoms with van der Waals surface area (Å²) in [5, 5.41) is 32.0. The third-order valence-corrected chi connectivity index (χ3v) is 3.16. The van der Waals surface area contributed by atoms with Crippen LogP contribution in [-0.4, -0.2) is 16.2 Å². The standard InChI is InChI=1S/C14H12N2O4/c1-8(17)15-11-4-2-9(18)6-13(11)16(20)14-7-10(19)3-5-12(14)15/h2-7,18-20H,1H3/p-1. The molecule has 3 rings (SSSR count). The molecule has 0 unspecified atom stereocenters. The van der Waals surface area contributed by atoms with Gasteiger partial charge in [0, 0.05) is 13.0 Å². The average Bonchev–Trinajstić information content (AvgIpc) is 2.40. The Bertz CT molecular complexity index is 661. The van der Waals surface area contributed by atoms with Crippen LogP contribution < -0.4 is 15.1 Å². The fourth-order valence-corrected chi connectivity index (χ4v) is 2.33. The fraction of sp³-hybridized carbons (Fsp3) is 0.0714. The van der Waals surface area contributed by atoms with Crippen LogP contribution in [0.15, 0.2) is 36.4 Å². The first-order chi connectivity index (χ1) is 9.49. The van der Waals surface area contributed by atoms with Gasteiger partial charge in [0.05, 0.1) is 22.7 Å². The maximum atomic E-state index is 11.9. The molecule has 0 fully saturated rings. The molecule has 0 atom stereocenters. The van der Waals surface area contributed by atoms with E-state index in [-0.39, 0.29) is 28.8 Å². The summed E-state index contributed by atoms with van der Waals surface area (Å²) in [5.41, 5.74) is 1.28. The van der Waals surface area contributed by atoms with Crippen molar-refractivity contribution in [3.63, 3.8) is 0 Å². The highest BCUT2D eigenvalue weighted by molar-refractivity contribution is 6.08. The second kappa shape index (κ2) is 4.14. The van der Waals surface area contributed by atoms with E-state index in [1.54, 1.807) is 0 Å². The topological polar surface area (TPSA) is 87.1 Å². The number of phenols is 1. The van der Waals surface area contributed by atoms with Gasteiger partial charge in [-0.2, -0.15) is 0 Å². The normalized spacial score (nSPS) is 12.9. The first-order valence-corrected chi connectivity index (χ1v) is 5.93. The summed E-state index contributed by atoms with van der Waals surface area (Å²) in [7, 11) is 0. The van der Waals surface area contributed by atoms with Crippen LogP contribution in [-0.2, 0) is 4.79 Å². The predicted octanol–water partition coefficient (Wildman–Crippen LogP) is 1.99. The van der Waals surface area contributed by atoms with Crippen molar-refractivity contribution in [3.8, 4) is 11.5 Å². The second-order valence-corrected chi connectivity index (χ2v) is 4.49. The summed E-state index contributed by atoms with van der Waals surface area (Å²) in [5.74, 6) is -0.590. The van der Waals surface area contributed by atoms with Gasteiger partial charge in [-0.1, -0.05) is 6.07 Å². The molecule has 1 amide bonds. The van der Waals surface area contributed by atoms with E-state index < -0.39 is 0 Å². The van der Waals surface area contributed by atoms with Crippen LogP contribution in [0.4, 0.5) is 22.7 Å². The Kier molecular flexibility index (Phi) is 2.55. The molecule has 20 heavy (non-hydrogen) atoms. The fourth-order valence-electron chi connectivity index (χ4n) is 2.33. The summed E-state index contributed by atoms with van der Waals surface area (Å²) in [6.45, 7) is 1.39. The number of carbonyl (C=O) groups is 1. The van der Waals surface area contributed by atoms with Gasteiger partial charge in [-0.25, -0.2) is 5.06 Å². The van der Waals surface area contributed by atoms with Gasteiger partial charge in [0.15, 0.2) is 0 Å². The Morgan fingerprint density at radius 3 is 2.30 bits per heavy atom. The number of hydrogen-bond donors (Lipinski definition) is 2. The first kappa shape index (κ1) is 12.3. The first-order valence-electron chi connectivity index (χ1n) is 5.93. The van der Waals surface area contributed by atoms with Crippen molar-refractivity contribution >= 4 is 28.7 Å². The largest absolute Gasteiger partial charge is 0.872 e. The summed E-state index contributed by atoms with van der Waals surface area (Å²) in [6, 6.07) is 8.33. The molecule has 1 heterocycles. The van der Waals surface area contributed by atoms with E-state index in [0.717, 1.165) is 5.06 Å². The van der Waals surface area contributed by atoms with Crippen molar-refractivity contribution in [1.82, 2.24) is 0 Å². The van der Waals surface area contributed by atoms with Crippen LogP contribution in [0.1, 0.15) is 6.92 Å². The van der Waals surface area contributed by atoms with Crippen molar-refractivity contribution in [2.75, 3.05) is 9.96 Å². The van der Waals surface area contributed by atoms with E-state index in [0.29, 0.717) is 11.4 Å². The number of hydrogen-bond acceptors (Lipinski definition) is 5. The van der Waals surface area contributed by atoms with Crippen molar-refractivity contribution in [2.24, 2.45) is 0 Å². The van der Waals surface area contributed by atoms with E-state index in [1.807, 2.05) is 0 Å². The number of rotatable bonds is 0. The van der Waals surface area contributed by atoms with Crippen molar-refractivity contribution < 1.29 is 20.2 Å². The number of carbonyl (C=O) groups excluding carboxylic acids is 1. The lowest BCUT2D eigenvalue weighted by molar-refractivity contribution is -0.268. The lowest BCUT2D eigenvalue weighted by Crippen LogP contribution is -2.31. The molecule has 2 N–H and O–H groups in total. The maximum absolute atomic E-state index is 11.9. The van der Waals surface area contributed by atoms with E-state index in [9.17, 15) is 20.2 Å². The highest BCUT2D eigenvalue weighted by atomic mass is 16.5. The summed E-state index contributed by atoms with van der Waals surface area (Å²) < 4.78 is 0. The van der Waals surface area contributed by atoms with Gasteiger partial charge in [0.25, 0.3) is 0 Å². The quantitative estimate of drug-likeness (QED) is 0.765. The van der Waals surface area contributed by atoms with Crippen LogP contribution >= 0.6 is 0 Å². The third-order valence-electron chi connectivity index (χ3n) is 3.16. The Balaban J connectivity index is 2.30. The van der Waals surface area contributed by atoms with Crippen molar-refractivity contribution in [2.45, 2.75) is 6.92 Å². The molecule has 6 nitrogen and oxygen atoms in total. The highest BCUT2D eigenvalue weighted by Gasteiger charge is 2.30. The molecule has 2 aromatic rings. The predicted molar refractivity (Wildman–Crippen MR) is 70.7 cm³/mol. The average molecular weight is 271 g/mol. The summed E-state index contributed by atoms with van der Waals surface area (Å²) in [6.07, 6.45) is 0. The van der Waals surface area contributed by atoms with Crippen molar-refractivity contribution in [1.29, 1.82) is 0 Å². The summed E-state index contributed by atoms with van der Waals surface area (Å²) in [4.78, 5) is 13.3. The number of anilines is 4. The highest BCUT2D eigenvalue weighted by Crippen LogP contribution is 2.48. The number of phenolic OH excluding ortho intramolecular Hbond substituents is 1. The minimum absolute atomic E-state index is 0.0481. The van der Waals surface area contributed by atoms with Crippen LogP contribution in [0.5, 0.6) is 11.5 Å². The lowest BCUT2D eigenvalue weighted by Gasteiger charge is -2.36. The molecule has 0 saturated heterocycles. The molecule has 6 heteroatoms. The Morgan fingerprint density at radius 2 is 1.65 bits per heavy atom. The molecule has 0 bridgehead atoms. The zero-order valence-electron chi connectivity index (χ0n) is 10.6. The second-order valence-electron chi connectivity index (χ2n) is 4.49. The van der Waals surface area contributed by atoms with Crippen molar-refractivity contribution in [3.05, 3.63) is 36.4 Å². The van der Waals surface area contributed by atoms with E-state index in [4.69, 9.17) is 0 Å². The van der Waals surface area contributed by atoms with E-state index >= 15 is 0 Å². The summed E-state index contributed by atoms with van der Waals surface area (Å²) >= 11 is 0. The van der Waals surface area contributed by atoms with Gasteiger partial charge < -0.3 is 10.2 Å². The van der Waals surface area contributed by atoms with E-state index in [1.165, 1.54) is 48.2 Å². The molecule has 2 aromatic carbocycles. The molecule has 0 radical (unpaired) electrons. The molecule has 0 aliphatic carbocycles. The number of amides is 1. The molecular weight excluding hydrogens is 260 g/mol. The molecular formula is C14H11N2O4-. The van der Waals surface area contributed by atoms with Gasteiger partial charge in [-0.15, -0.1) is 5.75 Å². The number of nitrogens with zero attached hydrogens (tertiary/aromatic N) is 2. The van der Waals surface area contributed by atoms with Crippen LogP contribution in [0.2, 0.25) is 0 Å². The molecule has 0 aromatic heterocycles. The SMILES string of the molecule is CC(=O)N1c2ccc([O-])cc2N(O)c2cc(O)ccc21. The Morgan fingerprint density at radius 1 is 1.05 bits per heavy atom. The zero-order valence-corrected chi connectivity index (χ0v) is 10.6. The number of fused-ring (bicyclic) bond motifs is 2. The van der Waals surface area contributed by atoms with Gasteiger partial charge >= 0.3 is 0 Å². The van der Waals surface area contributed by atoms with Crippen LogP contribution in [0, 0.1) is 0 Å². The van der Waals surface area contributed by atoms with Crippen LogP contribution in [0.25, 0.3) is 0 Å².